The first-order chi connectivity index (χ1) is 13.8. The van der Waals surface area contributed by atoms with Crippen LogP contribution in [0.3, 0.4) is 0 Å². The Labute approximate surface area is 170 Å². The van der Waals surface area contributed by atoms with Gasteiger partial charge in [0.1, 0.15) is 5.82 Å². The molecule has 150 valence electrons. The molecule has 0 aliphatic heterocycles. The van der Waals surface area contributed by atoms with Crippen LogP contribution in [-0.4, -0.2) is 21.2 Å². The highest BCUT2D eigenvalue weighted by Gasteiger charge is 2.24. The molecule has 4 rings (SSSR count). The Balaban J connectivity index is 1.78. The van der Waals surface area contributed by atoms with Gasteiger partial charge in [-0.1, -0.05) is 12.1 Å². The second kappa shape index (κ2) is 7.47. The molecule has 1 aromatic heterocycles. The Morgan fingerprint density at radius 3 is 2.41 bits per heavy atom. The summed E-state index contributed by atoms with van der Waals surface area (Å²) in [7, 11) is 0. The van der Waals surface area contributed by atoms with Crippen LogP contribution in [0, 0.1) is 11.7 Å². The van der Waals surface area contributed by atoms with Crippen molar-refractivity contribution >= 4 is 5.91 Å². The van der Waals surface area contributed by atoms with Crippen LogP contribution >= 0.6 is 0 Å². The van der Waals surface area contributed by atoms with E-state index in [9.17, 15) is 9.18 Å². The van der Waals surface area contributed by atoms with Gasteiger partial charge in [-0.2, -0.15) is 5.10 Å². The predicted molar refractivity (Wildman–Crippen MR) is 113 cm³/mol. The lowest BCUT2D eigenvalue weighted by Gasteiger charge is -2.21. The highest BCUT2D eigenvalue weighted by atomic mass is 19.1. The molecule has 1 fully saturated rings. The molecule has 0 bridgehead atoms. The average Bonchev–Trinajstić information content (AvgIpc) is 3.35. The van der Waals surface area contributed by atoms with E-state index in [0.717, 1.165) is 28.9 Å². The second-order valence-electron chi connectivity index (χ2n) is 8.85. The zero-order valence-corrected chi connectivity index (χ0v) is 17.1. The molecule has 0 radical (unpaired) electrons. The summed E-state index contributed by atoms with van der Waals surface area (Å²) in [6.07, 6.45) is 4.29. The molecule has 1 saturated carbocycles. The van der Waals surface area contributed by atoms with Gasteiger partial charge in [-0.3, -0.25) is 9.48 Å². The van der Waals surface area contributed by atoms with Crippen LogP contribution in [0.5, 0.6) is 0 Å². The van der Waals surface area contributed by atoms with E-state index in [1.54, 1.807) is 18.3 Å². The standard InChI is InChI=1S/C24H26FN3O/c1-24(2,3)27-23(29)20-13-18(17-6-8-21(25)9-7-17)12-19(14-20)22-10-11-26-28(22)15-16-4-5-16/h6-14,16H,4-5,15H2,1-3H3,(H,27,29). The number of benzene rings is 2. The van der Waals surface area contributed by atoms with Crippen LogP contribution in [0.1, 0.15) is 44.0 Å². The van der Waals surface area contributed by atoms with Gasteiger partial charge < -0.3 is 5.32 Å². The van der Waals surface area contributed by atoms with Gasteiger partial charge in [0, 0.05) is 29.4 Å². The molecule has 3 aromatic rings. The van der Waals surface area contributed by atoms with Gasteiger partial charge >= 0.3 is 0 Å². The van der Waals surface area contributed by atoms with Crippen molar-refractivity contribution in [3.05, 3.63) is 66.1 Å². The van der Waals surface area contributed by atoms with Crippen molar-refractivity contribution in [3.8, 4) is 22.4 Å². The highest BCUT2D eigenvalue weighted by molar-refractivity contribution is 5.97. The molecular weight excluding hydrogens is 365 g/mol. The van der Waals surface area contributed by atoms with Crippen LogP contribution in [-0.2, 0) is 6.54 Å². The Kier molecular flexibility index (Phi) is 4.99. The van der Waals surface area contributed by atoms with Crippen molar-refractivity contribution < 1.29 is 9.18 Å². The minimum Gasteiger partial charge on any atom is -0.347 e. The SMILES string of the molecule is CC(C)(C)NC(=O)c1cc(-c2ccc(F)cc2)cc(-c2ccnn2CC2CC2)c1. The zero-order valence-electron chi connectivity index (χ0n) is 17.1. The monoisotopic (exact) mass is 391 g/mol. The molecule has 2 aromatic carbocycles. The van der Waals surface area contributed by atoms with Gasteiger partial charge in [-0.15, -0.1) is 0 Å². The van der Waals surface area contributed by atoms with E-state index < -0.39 is 0 Å². The van der Waals surface area contributed by atoms with Gasteiger partial charge in [0.15, 0.2) is 0 Å². The van der Waals surface area contributed by atoms with E-state index in [1.807, 2.05) is 49.7 Å². The molecule has 1 amide bonds. The molecule has 5 heteroatoms. The van der Waals surface area contributed by atoms with Crippen molar-refractivity contribution in [3.63, 3.8) is 0 Å². The summed E-state index contributed by atoms with van der Waals surface area (Å²) in [5, 5.41) is 7.52. The molecule has 0 unspecified atom stereocenters. The Morgan fingerprint density at radius 1 is 1.07 bits per heavy atom. The third-order valence-electron chi connectivity index (χ3n) is 5.00. The molecule has 1 aliphatic rings. The first kappa shape index (κ1) is 19.4. The molecule has 1 aliphatic carbocycles. The van der Waals surface area contributed by atoms with Gasteiger partial charge in [-0.05, 0) is 87.1 Å². The van der Waals surface area contributed by atoms with Crippen LogP contribution in [0.4, 0.5) is 4.39 Å². The first-order valence-electron chi connectivity index (χ1n) is 10.0. The number of rotatable bonds is 5. The topological polar surface area (TPSA) is 46.9 Å². The Morgan fingerprint density at radius 2 is 1.76 bits per heavy atom. The maximum atomic E-state index is 13.4. The maximum Gasteiger partial charge on any atom is 0.251 e. The van der Waals surface area contributed by atoms with Crippen molar-refractivity contribution in [2.75, 3.05) is 0 Å². The fraction of sp³-hybridized carbons (Fsp3) is 0.333. The molecule has 4 nitrogen and oxygen atoms in total. The quantitative estimate of drug-likeness (QED) is 0.642. The lowest BCUT2D eigenvalue weighted by Crippen LogP contribution is -2.40. The summed E-state index contributed by atoms with van der Waals surface area (Å²) in [5.74, 6) is 0.284. The Hall–Kier alpha value is -2.95. The number of nitrogens with one attached hydrogen (secondary N) is 1. The summed E-state index contributed by atoms with van der Waals surface area (Å²) in [6, 6.07) is 14.2. The lowest BCUT2D eigenvalue weighted by atomic mass is 9.97. The number of halogens is 1. The van der Waals surface area contributed by atoms with Crippen molar-refractivity contribution in [1.82, 2.24) is 15.1 Å². The van der Waals surface area contributed by atoms with Gasteiger partial charge in [0.2, 0.25) is 0 Å². The van der Waals surface area contributed by atoms with E-state index in [-0.39, 0.29) is 17.3 Å². The van der Waals surface area contributed by atoms with E-state index in [1.165, 1.54) is 25.0 Å². The predicted octanol–water partition coefficient (Wildman–Crippen LogP) is 5.29. The number of nitrogens with zero attached hydrogens (tertiary/aromatic N) is 2. The molecule has 1 N–H and O–H groups in total. The molecule has 0 atom stereocenters. The van der Waals surface area contributed by atoms with E-state index in [2.05, 4.69) is 10.4 Å². The summed E-state index contributed by atoms with van der Waals surface area (Å²) >= 11 is 0. The third kappa shape index (κ3) is 4.73. The Bertz CT molecular complexity index is 1030. The number of hydrogen-bond acceptors (Lipinski definition) is 2. The summed E-state index contributed by atoms with van der Waals surface area (Å²) in [5.41, 5.74) is 3.91. The van der Waals surface area contributed by atoms with E-state index in [4.69, 9.17) is 0 Å². The summed E-state index contributed by atoms with van der Waals surface area (Å²) in [4.78, 5) is 12.9. The lowest BCUT2D eigenvalue weighted by molar-refractivity contribution is 0.0919. The van der Waals surface area contributed by atoms with Crippen molar-refractivity contribution in [2.45, 2.75) is 45.7 Å². The third-order valence-corrected chi connectivity index (χ3v) is 5.00. The number of hydrogen-bond donors (Lipinski definition) is 1. The first-order valence-corrected chi connectivity index (χ1v) is 10.0. The minimum atomic E-state index is -0.336. The van der Waals surface area contributed by atoms with Crippen molar-refractivity contribution in [2.24, 2.45) is 5.92 Å². The smallest absolute Gasteiger partial charge is 0.251 e. The number of aromatic nitrogens is 2. The highest BCUT2D eigenvalue weighted by Crippen LogP contribution is 2.33. The molecule has 1 heterocycles. The maximum absolute atomic E-state index is 13.4. The van der Waals surface area contributed by atoms with Crippen LogP contribution in [0.15, 0.2) is 54.7 Å². The van der Waals surface area contributed by atoms with Gasteiger partial charge in [0.25, 0.3) is 5.91 Å². The van der Waals surface area contributed by atoms with Gasteiger partial charge in [0.05, 0.1) is 5.69 Å². The fourth-order valence-corrected chi connectivity index (χ4v) is 3.40. The molecule has 0 spiro atoms. The molecule has 0 saturated heterocycles. The number of carbonyl (C=O) groups excluding carboxylic acids is 1. The fourth-order valence-electron chi connectivity index (χ4n) is 3.40. The van der Waals surface area contributed by atoms with Gasteiger partial charge in [-0.25, -0.2) is 4.39 Å². The second-order valence-corrected chi connectivity index (χ2v) is 8.85. The summed E-state index contributed by atoms with van der Waals surface area (Å²) in [6.45, 7) is 6.77. The number of carbonyl (C=O) groups is 1. The zero-order chi connectivity index (χ0) is 20.6. The van der Waals surface area contributed by atoms with Crippen LogP contribution in [0.2, 0.25) is 0 Å². The molecule has 29 heavy (non-hydrogen) atoms. The van der Waals surface area contributed by atoms with Crippen LogP contribution < -0.4 is 5.32 Å². The van der Waals surface area contributed by atoms with E-state index >= 15 is 0 Å². The minimum absolute atomic E-state index is 0.129. The largest absolute Gasteiger partial charge is 0.347 e. The molecular formula is C24H26FN3O. The average molecular weight is 391 g/mol. The van der Waals surface area contributed by atoms with E-state index in [0.29, 0.717) is 11.5 Å². The van der Waals surface area contributed by atoms with Crippen molar-refractivity contribution in [1.29, 1.82) is 0 Å². The number of amides is 1. The summed E-state index contributed by atoms with van der Waals surface area (Å²) < 4.78 is 15.4. The van der Waals surface area contributed by atoms with Crippen LogP contribution in [0.25, 0.3) is 22.4 Å². The normalized spacial score (nSPS) is 14.1.